The van der Waals surface area contributed by atoms with Crippen molar-refractivity contribution in [1.82, 2.24) is 5.01 Å². The molecule has 1 fully saturated rings. The fourth-order valence-electron chi connectivity index (χ4n) is 2.40. The fraction of sp³-hybridized carbons (Fsp3) is 0.333. The van der Waals surface area contributed by atoms with Gasteiger partial charge in [0, 0.05) is 31.5 Å². The smallest absolute Gasteiger partial charge is 0.185 e. The van der Waals surface area contributed by atoms with E-state index in [2.05, 4.69) is 5.10 Å². The van der Waals surface area contributed by atoms with E-state index in [9.17, 15) is 4.79 Å². The van der Waals surface area contributed by atoms with Crippen molar-refractivity contribution in [2.45, 2.75) is 12.8 Å². The Kier molecular flexibility index (Phi) is 5.57. The average Bonchev–Trinajstić information content (AvgIpc) is 2.87. The topological polar surface area (TPSA) is 51.1 Å². The second-order valence-corrected chi connectivity index (χ2v) is 5.42. The average molecular weight is 314 g/mol. The van der Waals surface area contributed by atoms with Gasteiger partial charge in [-0.1, -0.05) is 6.07 Å². The highest BCUT2D eigenvalue weighted by molar-refractivity contribution is 6.14. The lowest BCUT2D eigenvalue weighted by atomic mass is 10.1. The van der Waals surface area contributed by atoms with Crippen LogP contribution < -0.4 is 9.47 Å². The second kappa shape index (κ2) is 7.63. The van der Waals surface area contributed by atoms with Crippen molar-refractivity contribution in [3.05, 3.63) is 41.0 Å². The zero-order valence-corrected chi connectivity index (χ0v) is 14.0. The van der Waals surface area contributed by atoms with Crippen LogP contribution in [0.5, 0.6) is 11.5 Å². The van der Waals surface area contributed by atoms with Gasteiger partial charge in [-0.25, -0.2) is 0 Å². The number of nitrogens with zero attached hydrogens (tertiary/aromatic N) is 2. The van der Waals surface area contributed by atoms with E-state index in [-0.39, 0.29) is 5.78 Å². The second-order valence-electron chi connectivity index (χ2n) is 5.42. The minimum Gasteiger partial charge on any atom is -0.493 e. The van der Waals surface area contributed by atoms with E-state index in [0.29, 0.717) is 11.5 Å². The van der Waals surface area contributed by atoms with Crippen molar-refractivity contribution in [3.8, 4) is 11.5 Å². The molecule has 0 amide bonds. The maximum Gasteiger partial charge on any atom is 0.185 e. The number of hydrogen-bond donors (Lipinski definition) is 0. The van der Waals surface area contributed by atoms with Gasteiger partial charge in [0.2, 0.25) is 0 Å². The number of hydrazone groups is 1. The van der Waals surface area contributed by atoms with Crippen LogP contribution in [0.15, 0.2) is 40.5 Å². The third kappa shape index (κ3) is 4.22. The van der Waals surface area contributed by atoms with Gasteiger partial charge in [0.05, 0.1) is 14.2 Å². The molecule has 0 N–H and O–H groups in total. The van der Waals surface area contributed by atoms with Crippen LogP contribution in [0.3, 0.4) is 0 Å². The number of ether oxygens (including phenoxy) is 2. The highest BCUT2D eigenvalue weighted by Gasteiger charge is 2.22. The molecule has 1 aromatic rings. The van der Waals surface area contributed by atoms with Gasteiger partial charge < -0.3 is 14.5 Å². The molecule has 2 rings (SSSR count). The van der Waals surface area contributed by atoms with Crippen LogP contribution in [-0.4, -0.2) is 45.3 Å². The van der Waals surface area contributed by atoms with Crippen LogP contribution in [0.1, 0.15) is 18.4 Å². The Hall–Kier alpha value is -2.56. The standard InChI is InChI=1S/C18H22N2O3/c1-20(2)19-10-9-14-6-7-15(18(14)21)11-13-5-8-16(22-3)17(12-13)23-4/h5,8-12H,6-7H2,1-4H3. The van der Waals surface area contributed by atoms with E-state index in [1.54, 1.807) is 31.5 Å². The van der Waals surface area contributed by atoms with E-state index in [1.807, 2.05) is 38.4 Å². The molecule has 5 nitrogen and oxygen atoms in total. The van der Waals surface area contributed by atoms with Gasteiger partial charge in [-0.2, -0.15) is 5.10 Å². The van der Waals surface area contributed by atoms with Gasteiger partial charge in [-0.3, -0.25) is 4.79 Å². The van der Waals surface area contributed by atoms with E-state index < -0.39 is 0 Å². The first-order valence-electron chi connectivity index (χ1n) is 7.43. The molecule has 0 heterocycles. The lowest BCUT2D eigenvalue weighted by Gasteiger charge is -2.08. The predicted molar refractivity (Wildman–Crippen MR) is 92.0 cm³/mol. The molecule has 5 heteroatoms. The quantitative estimate of drug-likeness (QED) is 0.476. The van der Waals surface area contributed by atoms with Crippen LogP contribution in [0.2, 0.25) is 0 Å². The molecule has 0 radical (unpaired) electrons. The van der Waals surface area contributed by atoms with Crippen LogP contribution in [-0.2, 0) is 4.79 Å². The largest absolute Gasteiger partial charge is 0.493 e. The number of Topliss-reactive ketones (excluding diaryl/α,β-unsaturated/α-hetero) is 1. The number of methoxy groups -OCH3 is 2. The van der Waals surface area contributed by atoms with Crippen LogP contribution in [0.4, 0.5) is 0 Å². The molecule has 0 bridgehead atoms. The van der Waals surface area contributed by atoms with E-state index in [4.69, 9.17) is 9.47 Å². The Morgan fingerprint density at radius 1 is 1.09 bits per heavy atom. The highest BCUT2D eigenvalue weighted by Crippen LogP contribution is 2.31. The Labute approximate surface area is 136 Å². The molecule has 1 aromatic carbocycles. The van der Waals surface area contributed by atoms with Crippen molar-refractivity contribution in [2.75, 3.05) is 28.3 Å². The summed E-state index contributed by atoms with van der Waals surface area (Å²) in [5, 5.41) is 5.79. The predicted octanol–water partition coefficient (Wildman–Crippen LogP) is 2.92. The van der Waals surface area contributed by atoms with Crippen LogP contribution in [0.25, 0.3) is 6.08 Å². The Morgan fingerprint density at radius 2 is 1.78 bits per heavy atom. The molecule has 1 aliphatic carbocycles. The maximum absolute atomic E-state index is 12.4. The minimum absolute atomic E-state index is 0.0880. The summed E-state index contributed by atoms with van der Waals surface area (Å²) >= 11 is 0. The summed E-state index contributed by atoms with van der Waals surface area (Å²) in [6, 6.07) is 5.62. The van der Waals surface area contributed by atoms with Gasteiger partial charge >= 0.3 is 0 Å². The molecule has 0 saturated heterocycles. The number of ketones is 1. The van der Waals surface area contributed by atoms with Gasteiger partial charge in [0.1, 0.15) is 0 Å². The number of rotatable bonds is 5. The van der Waals surface area contributed by atoms with Gasteiger partial charge in [-0.15, -0.1) is 0 Å². The van der Waals surface area contributed by atoms with Crippen molar-refractivity contribution in [2.24, 2.45) is 5.10 Å². The monoisotopic (exact) mass is 314 g/mol. The summed E-state index contributed by atoms with van der Waals surface area (Å²) in [7, 11) is 6.88. The molecule has 0 aliphatic heterocycles. The first-order valence-corrected chi connectivity index (χ1v) is 7.43. The first-order chi connectivity index (χ1) is 11.0. The lowest BCUT2D eigenvalue weighted by molar-refractivity contribution is -0.111. The van der Waals surface area contributed by atoms with Crippen LogP contribution in [0, 0.1) is 0 Å². The van der Waals surface area contributed by atoms with Crippen molar-refractivity contribution in [1.29, 1.82) is 0 Å². The van der Waals surface area contributed by atoms with Crippen molar-refractivity contribution < 1.29 is 14.3 Å². The number of hydrogen-bond acceptors (Lipinski definition) is 5. The lowest BCUT2D eigenvalue weighted by Crippen LogP contribution is -2.01. The zero-order chi connectivity index (χ0) is 16.8. The summed E-state index contributed by atoms with van der Waals surface area (Å²) in [5.74, 6) is 1.42. The van der Waals surface area contributed by atoms with Crippen LogP contribution >= 0.6 is 0 Å². The van der Waals surface area contributed by atoms with Gasteiger partial charge in [0.15, 0.2) is 17.3 Å². The maximum atomic E-state index is 12.4. The molecular formula is C18H22N2O3. The Morgan fingerprint density at radius 3 is 2.43 bits per heavy atom. The minimum atomic E-state index is 0.0880. The molecule has 0 atom stereocenters. The summed E-state index contributed by atoms with van der Waals surface area (Å²) in [6.45, 7) is 0. The normalized spacial score (nSPS) is 18.2. The molecule has 23 heavy (non-hydrogen) atoms. The molecule has 0 aromatic heterocycles. The number of carbonyl (C=O) groups is 1. The molecule has 0 unspecified atom stereocenters. The van der Waals surface area contributed by atoms with Crippen molar-refractivity contribution >= 4 is 18.1 Å². The van der Waals surface area contributed by atoms with E-state index in [1.165, 1.54) is 0 Å². The van der Waals surface area contributed by atoms with Crippen molar-refractivity contribution in [3.63, 3.8) is 0 Å². The van der Waals surface area contributed by atoms with Gasteiger partial charge in [-0.05, 0) is 42.7 Å². The number of benzene rings is 1. The molecule has 0 spiro atoms. The SMILES string of the molecule is COc1ccc(C=C2CCC(=CC=NN(C)C)C2=O)cc1OC. The fourth-order valence-corrected chi connectivity index (χ4v) is 2.40. The van der Waals surface area contributed by atoms with E-state index >= 15 is 0 Å². The summed E-state index contributed by atoms with van der Waals surface area (Å²) in [6.07, 6.45) is 6.85. The molecule has 1 aliphatic rings. The number of allylic oxidation sites excluding steroid dienone is 3. The molecular weight excluding hydrogens is 292 g/mol. The molecule has 122 valence electrons. The Balaban J connectivity index is 2.20. The zero-order valence-electron chi connectivity index (χ0n) is 14.0. The summed E-state index contributed by atoms with van der Waals surface area (Å²) in [5.41, 5.74) is 2.53. The third-order valence-corrected chi connectivity index (χ3v) is 3.57. The summed E-state index contributed by atoms with van der Waals surface area (Å²) in [4.78, 5) is 12.4. The molecule has 1 saturated carbocycles. The first kappa shape index (κ1) is 16.8. The van der Waals surface area contributed by atoms with E-state index in [0.717, 1.165) is 29.6 Å². The summed E-state index contributed by atoms with van der Waals surface area (Å²) < 4.78 is 10.5. The van der Waals surface area contributed by atoms with Gasteiger partial charge in [0.25, 0.3) is 0 Å². The third-order valence-electron chi connectivity index (χ3n) is 3.57. The Bertz CT molecular complexity index is 673. The highest BCUT2D eigenvalue weighted by atomic mass is 16.5. The number of carbonyl (C=O) groups excluding carboxylic acids is 1.